The molecule has 0 fully saturated rings. The van der Waals surface area contributed by atoms with Crippen LogP contribution in [-0.2, 0) is 20.1 Å². The minimum Gasteiger partial charge on any atom is -0.412 e. The molecule has 0 aromatic carbocycles. The van der Waals surface area contributed by atoms with Gasteiger partial charge in [0.15, 0.2) is 0 Å². The predicted molar refractivity (Wildman–Crippen MR) is 47.7 cm³/mol. The molecule has 0 amide bonds. The molecule has 0 heterocycles. The fraction of sp³-hybridized carbons (Fsp3) is 0.750. The second-order valence-corrected chi connectivity index (χ2v) is 2.46. The fourth-order valence-electron chi connectivity index (χ4n) is 1.11. The Morgan fingerprint density at radius 3 is 1.25 bits per heavy atom. The van der Waals surface area contributed by atoms with Crippen LogP contribution in [-0.4, -0.2) is 16.4 Å². The van der Waals surface area contributed by atoms with Gasteiger partial charge < -0.3 is 16.4 Å². The van der Waals surface area contributed by atoms with Crippen molar-refractivity contribution in [3.8, 4) is 0 Å². The van der Waals surface area contributed by atoms with Crippen molar-refractivity contribution in [2.24, 2.45) is 0 Å². The van der Waals surface area contributed by atoms with Gasteiger partial charge in [0.05, 0.1) is 0 Å². The molecule has 12 heavy (non-hydrogen) atoms. The standard InChI is InChI=1S/C8H14.Ir.3H2O/c1-2-4-6-8-7-5-3-1;;;;/h1-2H,3-8H2;;3*1H2. The van der Waals surface area contributed by atoms with Crippen LogP contribution in [0, 0.1) is 0 Å². The summed E-state index contributed by atoms with van der Waals surface area (Å²) in [5.41, 5.74) is 0. The molecule has 0 aromatic rings. The van der Waals surface area contributed by atoms with Gasteiger partial charge in [-0.05, 0) is 25.7 Å². The zero-order valence-corrected chi connectivity index (χ0v) is 9.63. The van der Waals surface area contributed by atoms with Crippen molar-refractivity contribution in [1.82, 2.24) is 0 Å². The van der Waals surface area contributed by atoms with Crippen molar-refractivity contribution in [2.45, 2.75) is 38.5 Å². The van der Waals surface area contributed by atoms with E-state index in [-0.39, 0.29) is 36.5 Å². The SMILES string of the molecule is C1=CCCCCCC1.O.O.O.[Ir]. The first-order chi connectivity index (χ1) is 4.00. The molecule has 0 atom stereocenters. The molecular formula is C8H20IrO3. The minimum atomic E-state index is 0. The molecule has 4 heteroatoms. The Bertz CT molecular complexity index is 76.4. The maximum Gasteiger partial charge on any atom is 0 e. The molecule has 0 saturated heterocycles. The van der Waals surface area contributed by atoms with Crippen molar-refractivity contribution in [3.05, 3.63) is 12.2 Å². The summed E-state index contributed by atoms with van der Waals surface area (Å²) in [6.07, 6.45) is 13.0. The Morgan fingerprint density at radius 1 is 0.583 bits per heavy atom. The summed E-state index contributed by atoms with van der Waals surface area (Å²) in [7, 11) is 0. The molecule has 3 nitrogen and oxygen atoms in total. The molecule has 1 aliphatic rings. The number of allylic oxidation sites excluding steroid dienone is 2. The van der Waals surface area contributed by atoms with Gasteiger partial charge in [0.1, 0.15) is 0 Å². The van der Waals surface area contributed by atoms with E-state index in [0.717, 1.165) is 0 Å². The maximum absolute atomic E-state index is 2.32. The second kappa shape index (κ2) is 17.4. The van der Waals surface area contributed by atoms with Gasteiger partial charge in [-0.1, -0.05) is 25.0 Å². The van der Waals surface area contributed by atoms with Crippen LogP contribution in [0.5, 0.6) is 0 Å². The van der Waals surface area contributed by atoms with Crippen molar-refractivity contribution in [1.29, 1.82) is 0 Å². The normalized spacial score (nSPS) is 14.7. The molecule has 1 rings (SSSR count). The minimum absolute atomic E-state index is 0. The molecule has 6 N–H and O–H groups in total. The zero-order valence-electron chi connectivity index (χ0n) is 7.23. The summed E-state index contributed by atoms with van der Waals surface area (Å²) in [6, 6.07) is 0. The van der Waals surface area contributed by atoms with Gasteiger partial charge in [0.25, 0.3) is 0 Å². The van der Waals surface area contributed by atoms with Crippen molar-refractivity contribution in [2.75, 3.05) is 0 Å². The van der Waals surface area contributed by atoms with Gasteiger partial charge >= 0.3 is 0 Å². The molecule has 1 radical (unpaired) electrons. The van der Waals surface area contributed by atoms with E-state index < -0.39 is 0 Å². The first kappa shape index (κ1) is 22.8. The van der Waals surface area contributed by atoms with E-state index in [1.54, 1.807) is 0 Å². The molecule has 0 saturated carbocycles. The fourth-order valence-corrected chi connectivity index (χ4v) is 1.11. The van der Waals surface area contributed by atoms with Gasteiger partial charge in [0.2, 0.25) is 0 Å². The van der Waals surface area contributed by atoms with E-state index >= 15 is 0 Å². The Balaban J connectivity index is -0.0000000800. The summed E-state index contributed by atoms with van der Waals surface area (Å²) in [4.78, 5) is 0. The van der Waals surface area contributed by atoms with Crippen molar-refractivity contribution in [3.63, 3.8) is 0 Å². The zero-order chi connectivity index (χ0) is 5.66. The van der Waals surface area contributed by atoms with E-state index in [2.05, 4.69) is 12.2 Å². The Kier molecular flexibility index (Phi) is 33.0. The molecule has 0 unspecified atom stereocenters. The van der Waals surface area contributed by atoms with Crippen LogP contribution in [0.1, 0.15) is 38.5 Å². The number of hydrogen-bond acceptors (Lipinski definition) is 0. The summed E-state index contributed by atoms with van der Waals surface area (Å²) >= 11 is 0. The van der Waals surface area contributed by atoms with E-state index in [0.29, 0.717) is 0 Å². The molecular weight excluding hydrogens is 336 g/mol. The van der Waals surface area contributed by atoms with E-state index in [9.17, 15) is 0 Å². The van der Waals surface area contributed by atoms with Crippen molar-refractivity contribution >= 4 is 0 Å². The summed E-state index contributed by atoms with van der Waals surface area (Å²) < 4.78 is 0. The van der Waals surface area contributed by atoms with Gasteiger partial charge in [-0.25, -0.2) is 0 Å². The van der Waals surface area contributed by atoms with Crippen LogP contribution in [0.2, 0.25) is 0 Å². The van der Waals surface area contributed by atoms with Crippen LogP contribution >= 0.6 is 0 Å². The van der Waals surface area contributed by atoms with Crippen LogP contribution in [0.3, 0.4) is 0 Å². The van der Waals surface area contributed by atoms with Crippen LogP contribution in [0.4, 0.5) is 0 Å². The summed E-state index contributed by atoms with van der Waals surface area (Å²) in [5.74, 6) is 0. The number of hydrogen-bond donors (Lipinski definition) is 0. The number of rotatable bonds is 0. The van der Waals surface area contributed by atoms with Gasteiger partial charge in [-0.3, -0.25) is 0 Å². The van der Waals surface area contributed by atoms with Crippen LogP contribution in [0.25, 0.3) is 0 Å². The average molecular weight is 356 g/mol. The predicted octanol–water partition coefficient (Wildman–Crippen LogP) is 0.420. The Hall–Kier alpha value is 0.269. The van der Waals surface area contributed by atoms with Crippen LogP contribution < -0.4 is 0 Å². The second-order valence-electron chi connectivity index (χ2n) is 2.46. The van der Waals surface area contributed by atoms with E-state index in [4.69, 9.17) is 0 Å². The molecule has 1 aliphatic carbocycles. The Morgan fingerprint density at radius 2 is 0.917 bits per heavy atom. The first-order valence-electron chi connectivity index (χ1n) is 3.65. The third-order valence-corrected chi connectivity index (χ3v) is 1.66. The summed E-state index contributed by atoms with van der Waals surface area (Å²) in [5, 5.41) is 0. The molecule has 79 valence electrons. The van der Waals surface area contributed by atoms with Gasteiger partial charge in [-0.2, -0.15) is 0 Å². The van der Waals surface area contributed by atoms with E-state index in [1.165, 1.54) is 38.5 Å². The third kappa shape index (κ3) is 12.9. The largest absolute Gasteiger partial charge is 0.412 e. The van der Waals surface area contributed by atoms with Gasteiger partial charge in [0, 0.05) is 20.1 Å². The molecule has 0 bridgehead atoms. The third-order valence-electron chi connectivity index (χ3n) is 1.66. The quantitative estimate of drug-likeness (QED) is 0.563. The van der Waals surface area contributed by atoms with Crippen molar-refractivity contribution < 1.29 is 36.5 Å². The smallest absolute Gasteiger partial charge is 0 e. The van der Waals surface area contributed by atoms with Gasteiger partial charge in [-0.15, -0.1) is 0 Å². The van der Waals surface area contributed by atoms with E-state index in [1.807, 2.05) is 0 Å². The summed E-state index contributed by atoms with van der Waals surface area (Å²) in [6.45, 7) is 0. The topological polar surface area (TPSA) is 94.5 Å². The Labute approximate surface area is 87.5 Å². The molecule has 0 aliphatic heterocycles. The van der Waals surface area contributed by atoms with Crippen LogP contribution in [0.15, 0.2) is 12.2 Å². The first-order valence-corrected chi connectivity index (χ1v) is 3.65. The average Bonchev–Trinajstić information content (AvgIpc) is 1.62. The monoisotopic (exact) mass is 357 g/mol. The molecule has 0 aromatic heterocycles. The maximum atomic E-state index is 2.32. The molecule has 0 spiro atoms.